The molecule has 202 valence electrons. The number of benzene rings is 4. The molecule has 41 heavy (non-hydrogen) atoms. The van der Waals surface area contributed by atoms with Gasteiger partial charge in [0.05, 0.1) is 20.3 Å². The molecule has 0 aromatic heterocycles. The molecular formula is C35H27NO5. The fraction of sp³-hybridized carbons (Fsp3) is 0.171. The highest BCUT2D eigenvalue weighted by atomic mass is 16.5. The van der Waals surface area contributed by atoms with Crippen LogP contribution in [0.1, 0.15) is 48.1 Å². The molecule has 0 unspecified atom stereocenters. The molecule has 4 aromatic carbocycles. The lowest BCUT2D eigenvalue weighted by Crippen LogP contribution is -2.48. The largest absolute Gasteiger partial charge is 0.497 e. The van der Waals surface area contributed by atoms with Crippen LogP contribution in [0, 0.1) is 5.41 Å². The molecule has 1 spiro atoms. The highest BCUT2D eigenvalue weighted by molar-refractivity contribution is 6.32. The van der Waals surface area contributed by atoms with Gasteiger partial charge >= 0.3 is 0 Å². The topological polar surface area (TPSA) is 72.9 Å². The summed E-state index contributed by atoms with van der Waals surface area (Å²) in [6.45, 7) is 0. The van der Waals surface area contributed by atoms with Crippen molar-refractivity contribution < 1.29 is 23.9 Å². The first-order valence-electron chi connectivity index (χ1n) is 13.6. The van der Waals surface area contributed by atoms with Crippen molar-refractivity contribution in [2.75, 3.05) is 19.1 Å². The van der Waals surface area contributed by atoms with Gasteiger partial charge in [-0.25, -0.2) is 0 Å². The Bertz CT molecular complexity index is 1720. The van der Waals surface area contributed by atoms with Crippen molar-refractivity contribution in [2.45, 2.75) is 18.0 Å². The number of para-hydroxylation sites is 1. The van der Waals surface area contributed by atoms with E-state index in [4.69, 9.17) is 9.47 Å². The minimum atomic E-state index is -1.54. The molecular weight excluding hydrogens is 514 g/mol. The SMILES string of the molecule is COc1ccc([C@@H]2[C@H](C(=O)c3cccc(OC)c3)N3c4ccccc4C=C[C@@H]3C23C(=O)c2ccccc2C3=O)cc1. The molecule has 0 saturated carbocycles. The van der Waals surface area contributed by atoms with Crippen LogP contribution in [-0.2, 0) is 0 Å². The van der Waals surface area contributed by atoms with E-state index in [1.165, 1.54) is 0 Å². The van der Waals surface area contributed by atoms with E-state index in [1.54, 1.807) is 62.8 Å². The summed E-state index contributed by atoms with van der Waals surface area (Å²) in [5.74, 6) is -0.265. The Kier molecular flexibility index (Phi) is 5.68. The number of fused-ring (bicyclic) bond motifs is 5. The van der Waals surface area contributed by atoms with Crippen LogP contribution in [0.25, 0.3) is 6.08 Å². The normalized spacial score (nSPS) is 21.4. The molecule has 3 aliphatic rings. The summed E-state index contributed by atoms with van der Waals surface area (Å²) in [5, 5.41) is 0. The zero-order valence-electron chi connectivity index (χ0n) is 22.6. The van der Waals surface area contributed by atoms with Gasteiger partial charge in [0.25, 0.3) is 0 Å². The molecule has 0 radical (unpaired) electrons. The number of nitrogens with zero attached hydrogens (tertiary/aromatic N) is 1. The van der Waals surface area contributed by atoms with Gasteiger partial charge in [-0.05, 0) is 41.5 Å². The van der Waals surface area contributed by atoms with Crippen molar-refractivity contribution in [1.29, 1.82) is 0 Å². The summed E-state index contributed by atoms with van der Waals surface area (Å²) in [6, 6.07) is 27.7. The smallest absolute Gasteiger partial charge is 0.186 e. The minimum Gasteiger partial charge on any atom is -0.497 e. The predicted octanol–water partition coefficient (Wildman–Crippen LogP) is 6.02. The zero-order valence-corrected chi connectivity index (χ0v) is 22.6. The van der Waals surface area contributed by atoms with Gasteiger partial charge in [-0.3, -0.25) is 14.4 Å². The van der Waals surface area contributed by atoms with Crippen molar-refractivity contribution in [3.05, 3.63) is 131 Å². The van der Waals surface area contributed by atoms with Gasteiger partial charge in [-0.1, -0.05) is 78.9 Å². The average molecular weight is 542 g/mol. The second-order valence-corrected chi connectivity index (χ2v) is 10.6. The summed E-state index contributed by atoms with van der Waals surface area (Å²) < 4.78 is 10.9. The highest BCUT2D eigenvalue weighted by Gasteiger charge is 2.71. The minimum absolute atomic E-state index is 0.187. The molecule has 1 saturated heterocycles. The molecule has 0 bridgehead atoms. The molecule has 1 fully saturated rings. The zero-order chi connectivity index (χ0) is 28.3. The molecule has 2 heterocycles. The second kappa shape index (κ2) is 9.30. The average Bonchev–Trinajstić information content (AvgIpc) is 3.47. The monoisotopic (exact) mass is 541 g/mol. The summed E-state index contributed by atoms with van der Waals surface area (Å²) in [5.41, 5.74) is 2.17. The van der Waals surface area contributed by atoms with Gasteiger partial charge in [0.1, 0.15) is 23.0 Å². The molecule has 1 aliphatic carbocycles. The van der Waals surface area contributed by atoms with Crippen molar-refractivity contribution in [1.82, 2.24) is 0 Å². The summed E-state index contributed by atoms with van der Waals surface area (Å²) >= 11 is 0. The predicted molar refractivity (Wildman–Crippen MR) is 156 cm³/mol. The lowest BCUT2D eigenvalue weighted by Gasteiger charge is -2.37. The molecule has 2 aliphatic heterocycles. The summed E-state index contributed by atoms with van der Waals surface area (Å²) in [7, 11) is 3.15. The maximum atomic E-state index is 14.7. The van der Waals surface area contributed by atoms with Gasteiger partial charge in [-0.2, -0.15) is 0 Å². The van der Waals surface area contributed by atoms with Crippen LogP contribution in [0.4, 0.5) is 5.69 Å². The number of Topliss-reactive ketones (excluding diaryl/α,β-unsaturated/α-hetero) is 3. The Hall–Kier alpha value is -4.97. The van der Waals surface area contributed by atoms with E-state index in [0.717, 1.165) is 16.8 Å². The number of methoxy groups -OCH3 is 2. The number of carbonyl (C=O) groups excluding carboxylic acids is 3. The van der Waals surface area contributed by atoms with E-state index in [-0.39, 0.29) is 17.3 Å². The summed E-state index contributed by atoms with van der Waals surface area (Å²) in [4.78, 5) is 46.1. The van der Waals surface area contributed by atoms with Crippen molar-refractivity contribution in [3.8, 4) is 11.5 Å². The fourth-order valence-corrected chi connectivity index (χ4v) is 7.05. The number of hydrogen-bond donors (Lipinski definition) is 0. The van der Waals surface area contributed by atoms with E-state index in [0.29, 0.717) is 28.2 Å². The number of anilines is 1. The van der Waals surface area contributed by atoms with Crippen LogP contribution >= 0.6 is 0 Å². The molecule has 0 amide bonds. The molecule has 3 atom stereocenters. The standard InChI is InChI=1S/C35H27NO5/c1-40-24-17-14-22(15-18-24)30-31(32(37)23-9-7-10-25(20-23)41-2)36-28-13-6-3-8-21(28)16-19-29(36)35(30)33(38)26-11-4-5-12-27(26)34(35)39/h3-20,29-31H,1-2H3/t29-,30-,31-/m1/s1. The Morgan fingerprint density at radius 1 is 0.756 bits per heavy atom. The first-order valence-corrected chi connectivity index (χ1v) is 13.6. The fourth-order valence-electron chi connectivity index (χ4n) is 7.05. The maximum Gasteiger partial charge on any atom is 0.186 e. The quantitative estimate of drug-likeness (QED) is 0.227. The molecule has 6 heteroatoms. The van der Waals surface area contributed by atoms with Crippen LogP contribution in [0.2, 0.25) is 0 Å². The third-order valence-corrected chi connectivity index (χ3v) is 8.81. The molecule has 7 rings (SSSR count). The maximum absolute atomic E-state index is 14.7. The molecule has 4 aromatic rings. The number of carbonyl (C=O) groups is 3. The molecule has 0 N–H and O–H groups in total. The van der Waals surface area contributed by atoms with Crippen molar-refractivity contribution >= 4 is 29.1 Å². The van der Waals surface area contributed by atoms with Crippen LogP contribution < -0.4 is 14.4 Å². The number of rotatable bonds is 5. The van der Waals surface area contributed by atoms with E-state index in [2.05, 4.69) is 0 Å². The first-order chi connectivity index (χ1) is 20.0. The van der Waals surface area contributed by atoms with E-state index >= 15 is 0 Å². The van der Waals surface area contributed by atoms with Gasteiger partial charge in [0.2, 0.25) is 0 Å². The number of hydrogen-bond acceptors (Lipinski definition) is 6. The van der Waals surface area contributed by atoms with Gasteiger partial charge < -0.3 is 14.4 Å². The number of ketones is 3. The Labute approximate surface area is 237 Å². The van der Waals surface area contributed by atoms with E-state index in [9.17, 15) is 14.4 Å². The van der Waals surface area contributed by atoms with Crippen LogP contribution in [-0.4, -0.2) is 43.7 Å². The van der Waals surface area contributed by atoms with Gasteiger partial charge in [0.15, 0.2) is 17.3 Å². The van der Waals surface area contributed by atoms with Crippen molar-refractivity contribution in [2.24, 2.45) is 5.41 Å². The first kappa shape index (κ1) is 25.0. The van der Waals surface area contributed by atoms with E-state index < -0.39 is 23.4 Å². The lowest BCUT2D eigenvalue weighted by atomic mass is 9.64. The Morgan fingerprint density at radius 2 is 1.41 bits per heavy atom. The second-order valence-electron chi connectivity index (χ2n) is 10.6. The lowest BCUT2D eigenvalue weighted by molar-refractivity contribution is 0.0666. The van der Waals surface area contributed by atoms with Crippen LogP contribution in [0.5, 0.6) is 11.5 Å². The number of ether oxygens (including phenoxy) is 2. The van der Waals surface area contributed by atoms with Gasteiger partial charge in [-0.15, -0.1) is 0 Å². The van der Waals surface area contributed by atoms with Crippen LogP contribution in [0.3, 0.4) is 0 Å². The molecule has 6 nitrogen and oxygen atoms in total. The highest BCUT2D eigenvalue weighted by Crippen LogP contribution is 2.61. The van der Waals surface area contributed by atoms with Crippen molar-refractivity contribution in [3.63, 3.8) is 0 Å². The Balaban J connectivity index is 1.53. The van der Waals surface area contributed by atoms with Crippen LogP contribution in [0.15, 0.2) is 103 Å². The third kappa shape index (κ3) is 3.40. The third-order valence-electron chi connectivity index (χ3n) is 8.81. The van der Waals surface area contributed by atoms with E-state index in [1.807, 2.05) is 65.6 Å². The summed E-state index contributed by atoms with van der Waals surface area (Å²) in [6.07, 6.45) is 3.89. The Morgan fingerprint density at radius 3 is 2.10 bits per heavy atom. The van der Waals surface area contributed by atoms with Gasteiger partial charge in [0, 0.05) is 28.3 Å².